The molecule has 0 saturated heterocycles. The van der Waals surface area contributed by atoms with Gasteiger partial charge >= 0.3 is 0 Å². The average Bonchev–Trinajstić information content (AvgIpc) is 2.58. The Labute approximate surface area is 166 Å². The lowest BCUT2D eigenvalue weighted by Gasteiger charge is -2.13. The third-order valence-electron chi connectivity index (χ3n) is 3.41. The van der Waals surface area contributed by atoms with Gasteiger partial charge in [-0.3, -0.25) is 4.79 Å². The van der Waals surface area contributed by atoms with Crippen LogP contribution >= 0.6 is 27.5 Å². The van der Waals surface area contributed by atoms with Gasteiger partial charge in [-0.1, -0.05) is 33.6 Å². The molecule has 0 saturated carbocycles. The molecule has 0 spiro atoms. The monoisotopic (exact) mass is 460 g/mol. The highest BCUT2D eigenvalue weighted by Crippen LogP contribution is 2.22. The molecule has 0 heterocycles. The van der Waals surface area contributed by atoms with E-state index in [1.807, 2.05) is 18.2 Å². The van der Waals surface area contributed by atoms with E-state index in [1.165, 1.54) is 32.3 Å². The van der Waals surface area contributed by atoms with Gasteiger partial charge in [0.2, 0.25) is 10.0 Å². The van der Waals surface area contributed by atoms with Crippen LogP contribution in [0, 0.1) is 0 Å². The maximum Gasteiger partial charge on any atom is 0.252 e. The fourth-order valence-corrected chi connectivity index (χ4v) is 3.55. The van der Waals surface area contributed by atoms with Crippen LogP contribution in [0.3, 0.4) is 0 Å². The van der Waals surface area contributed by atoms with Crippen molar-refractivity contribution < 1.29 is 17.9 Å². The molecule has 2 aromatic carbocycles. The average molecular weight is 462 g/mol. The van der Waals surface area contributed by atoms with E-state index in [0.29, 0.717) is 5.75 Å². The number of sulfonamides is 1. The first kappa shape index (κ1) is 20.7. The van der Waals surface area contributed by atoms with Crippen LogP contribution in [-0.2, 0) is 10.0 Å². The number of hydrogen-bond donors (Lipinski definition) is 1. The second-order valence-corrected chi connectivity index (χ2v) is 8.97. The van der Waals surface area contributed by atoms with Gasteiger partial charge in [-0.25, -0.2) is 12.7 Å². The number of amides is 1. The Balaban J connectivity index is 2.01. The van der Waals surface area contributed by atoms with Crippen molar-refractivity contribution in [1.82, 2.24) is 9.62 Å². The minimum Gasteiger partial charge on any atom is -0.492 e. The van der Waals surface area contributed by atoms with Gasteiger partial charge in [0.15, 0.2) is 0 Å². The zero-order valence-electron chi connectivity index (χ0n) is 14.2. The smallest absolute Gasteiger partial charge is 0.252 e. The molecule has 2 rings (SSSR count). The second kappa shape index (κ2) is 8.85. The van der Waals surface area contributed by atoms with Crippen LogP contribution < -0.4 is 10.1 Å². The van der Waals surface area contributed by atoms with Crippen LogP contribution in [0.5, 0.6) is 5.75 Å². The molecular formula is C17H18BrClN2O4S. The number of halogens is 2. The molecule has 2 aromatic rings. The van der Waals surface area contributed by atoms with Crippen molar-refractivity contribution in [3.8, 4) is 5.75 Å². The molecule has 0 aromatic heterocycles. The van der Waals surface area contributed by atoms with Gasteiger partial charge < -0.3 is 10.1 Å². The number of rotatable bonds is 7. The summed E-state index contributed by atoms with van der Waals surface area (Å²) in [7, 11) is -0.810. The molecule has 140 valence electrons. The number of nitrogens with zero attached hydrogens (tertiary/aromatic N) is 1. The number of nitrogens with one attached hydrogen (secondary N) is 1. The maximum absolute atomic E-state index is 12.3. The first-order valence-corrected chi connectivity index (χ1v) is 10.2. The number of carbonyl (C=O) groups is 1. The molecule has 0 fully saturated rings. The van der Waals surface area contributed by atoms with E-state index in [-0.39, 0.29) is 28.6 Å². The Hall–Kier alpha value is -1.61. The van der Waals surface area contributed by atoms with Crippen LogP contribution in [0.2, 0.25) is 5.02 Å². The Morgan fingerprint density at radius 3 is 2.62 bits per heavy atom. The van der Waals surface area contributed by atoms with Gasteiger partial charge in [0, 0.05) is 18.6 Å². The Kier molecular flexibility index (Phi) is 7.05. The largest absolute Gasteiger partial charge is 0.492 e. The van der Waals surface area contributed by atoms with E-state index >= 15 is 0 Å². The van der Waals surface area contributed by atoms with E-state index < -0.39 is 15.9 Å². The van der Waals surface area contributed by atoms with Gasteiger partial charge in [-0.15, -0.1) is 0 Å². The highest BCUT2D eigenvalue weighted by Gasteiger charge is 2.20. The summed E-state index contributed by atoms with van der Waals surface area (Å²) in [6.45, 7) is 0.502. The van der Waals surface area contributed by atoms with Crippen molar-refractivity contribution in [3.05, 3.63) is 57.5 Å². The molecule has 1 N–H and O–H groups in total. The molecule has 6 nitrogen and oxygen atoms in total. The topological polar surface area (TPSA) is 75.7 Å². The number of hydrogen-bond acceptors (Lipinski definition) is 4. The van der Waals surface area contributed by atoms with Crippen molar-refractivity contribution in [2.24, 2.45) is 0 Å². The molecule has 0 aliphatic carbocycles. The first-order chi connectivity index (χ1) is 12.2. The van der Waals surface area contributed by atoms with E-state index in [9.17, 15) is 13.2 Å². The molecule has 0 unspecified atom stereocenters. The van der Waals surface area contributed by atoms with Crippen molar-refractivity contribution in [2.45, 2.75) is 4.90 Å². The molecule has 9 heteroatoms. The van der Waals surface area contributed by atoms with Crippen molar-refractivity contribution in [3.63, 3.8) is 0 Å². The van der Waals surface area contributed by atoms with Gasteiger partial charge in [0.25, 0.3) is 5.91 Å². The quantitative estimate of drug-likeness (QED) is 0.643. The minimum atomic E-state index is -3.65. The van der Waals surface area contributed by atoms with Crippen molar-refractivity contribution >= 4 is 43.5 Å². The normalized spacial score (nSPS) is 11.4. The van der Waals surface area contributed by atoms with Crippen LogP contribution in [0.15, 0.2) is 51.8 Å². The first-order valence-electron chi connectivity index (χ1n) is 7.60. The fourth-order valence-electron chi connectivity index (χ4n) is 2.04. The molecule has 0 aliphatic heterocycles. The molecule has 0 bridgehead atoms. The summed E-state index contributed by atoms with van der Waals surface area (Å²) in [4.78, 5) is 12.3. The number of carbonyl (C=O) groups excluding carboxylic acids is 1. The molecular weight excluding hydrogens is 444 g/mol. The molecule has 0 radical (unpaired) electrons. The van der Waals surface area contributed by atoms with Gasteiger partial charge in [0.1, 0.15) is 12.4 Å². The van der Waals surface area contributed by atoms with E-state index in [0.717, 1.165) is 8.78 Å². The van der Waals surface area contributed by atoms with Crippen LogP contribution in [0.4, 0.5) is 0 Å². The number of ether oxygens (including phenoxy) is 1. The summed E-state index contributed by atoms with van der Waals surface area (Å²) in [6.07, 6.45) is 0. The van der Waals surface area contributed by atoms with E-state index in [2.05, 4.69) is 21.2 Å². The summed E-state index contributed by atoms with van der Waals surface area (Å²) in [5.41, 5.74) is 0.0945. The fraction of sp³-hybridized carbons (Fsp3) is 0.235. The predicted molar refractivity (Wildman–Crippen MR) is 104 cm³/mol. The van der Waals surface area contributed by atoms with Crippen LogP contribution in [0.1, 0.15) is 10.4 Å². The van der Waals surface area contributed by atoms with Crippen LogP contribution in [0.25, 0.3) is 0 Å². The molecule has 0 aliphatic rings. The lowest BCUT2D eigenvalue weighted by Crippen LogP contribution is -2.29. The third-order valence-corrected chi connectivity index (χ3v) is 6.05. The SMILES string of the molecule is CN(C)S(=O)(=O)c1ccc(Cl)c(C(=O)NCCOc2cccc(Br)c2)c1. The standard InChI is InChI=1S/C17H18BrClN2O4S/c1-21(2)26(23,24)14-6-7-16(19)15(11-14)17(22)20-8-9-25-13-5-3-4-12(18)10-13/h3-7,10-11H,8-9H2,1-2H3,(H,20,22). The van der Waals surface area contributed by atoms with Gasteiger partial charge in [-0.05, 0) is 36.4 Å². The summed E-state index contributed by atoms with van der Waals surface area (Å²) in [6, 6.07) is 11.4. The van der Waals surface area contributed by atoms with Crippen molar-refractivity contribution in [2.75, 3.05) is 27.2 Å². The lowest BCUT2D eigenvalue weighted by molar-refractivity contribution is 0.0947. The lowest BCUT2D eigenvalue weighted by atomic mass is 10.2. The molecule has 26 heavy (non-hydrogen) atoms. The second-order valence-electron chi connectivity index (χ2n) is 5.49. The highest BCUT2D eigenvalue weighted by atomic mass is 79.9. The number of benzene rings is 2. The molecule has 0 atom stereocenters. The van der Waals surface area contributed by atoms with Gasteiger partial charge in [0.05, 0.1) is 22.0 Å². The van der Waals surface area contributed by atoms with Gasteiger partial charge in [-0.2, -0.15) is 0 Å². The zero-order valence-corrected chi connectivity index (χ0v) is 17.4. The summed E-state index contributed by atoms with van der Waals surface area (Å²) in [5.74, 6) is 0.203. The zero-order chi connectivity index (χ0) is 19.3. The highest BCUT2D eigenvalue weighted by molar-refractivity contribution is 9.10. The summed E-state index contributed by atoms with van der Waals surface area (Å²) in [5, 5.41) is 2.84. The van der Waals surface area contributed by atoms with Crippen molar-refractivity contribution in [1.29, 1.82) is 0 Å². The van der Waals surface area contributed by atoms with E-state index in [4.69, 9.17) is 16.3 Å². The maximum atomic E-state index is 12.3. The summed E-state index contributed by atoms with van der Waals surface area (Å²) < 4.78 is 31.9. The Morgan fingerprint density at radius 1 is 1.23 bits per heavy atom. The predicted octanol–water partition coefficient (Wildman–Crippen LogP) is 3.16. The summed E-state index contributed by atoms with van der Waals surface area (Å²) >= 11 is 9.39. The Morgan fingerprint density at radius 2 is 1.96 bits per heavy atom. The molecule has 1 amide bonds. The minimum absolute atomic E-state index is 0.00226. The third kappa shape index (κ3) is 5.20. The Bertz CT molecular complexity index is 903. The van der Waals surface area contributed by atoms with Crippen LogP contribution in [-0.4, -0.2) is 45.9 Å². The van der Waals surface area contributed by atoms with E-state index in [1.54, 1.807) is 6.07 Å².